The van der Waals surface area contributed by atoms with E-state index in [1.165, 1.54) is 11.3 Å². The minimum atomic E-state index is -1.20. The van der Waals surface area contributed by atoms with Crippen molar-refractivity contribution in [3.05, 3.63) is 110 Å². The first-order chi connectivity index (χ1) is 15.6. The van der Waals surface area contributed by atoms with Gasteiger partial charge in [0.15, 0.2) is 6.61 Å². The van der Waals surface area contributed by atoms with Gasteiger partial charge in [-0.2, -0.15) is 0 Å². The molecule has 0 bridgehead atoms. The Morgan fingerprint density at radius 3 is 2.69 bits per heavy atom. The highest BCUT2D eigenvalue weighted by Gasteiger charge is 2.59. The highest BCUT2D eigenvalue weighted by atomic mass is 35.5. The van der Waals surface area contributed by atoms with E-state index in [0.29, 0.717) is 23.6 Å². The Balaban J connectivity index is 1.64. The lowest BCUT2D eigenvalue weighted by molar-refractivity contribution is -0.579. The lowest BCUT2D eigenvalue weighted by Crippen LogP contribution is -2.54. The smallest absolute Gasteiger partial charge is 0.266 e. The van der Waals surface area contributed by atoms with Crippen LogP contribution in [-0.4, -0.2) is 21.6 Å². The van der Waals surface area contributed by atoms with Crippen molar-refractivity contribution in [1.29, 1.82) is 0 Å². The van der Waals surface area contributed by atoms with Gasteiger partial charge in [-0.3, -0.25) is 10.1 Å². The van der Waals surface area contributed by atoms with Crippen LogP contribution in [0.4, 0.5) is 0 Å². The van der Waals surface area contributed by atoms with Crippen LogP contribution in [-0.2, 0) is 13.0 Å². The summed E-state index contributed by atoms with van der Waals surface area (Å²) in [5.74, 6) is 0.273. The highest BCUT2D eigenvalue weighted by Crippen LogP contribution is 2.53. The van der Waals surface area contributed by atoms with Gasteiger partial charge in [-0.15, -0.1) is 0 Å². The summed E-state index contributed by atoms with van der Waals surface area (Å²) in [6, 6.07) is 24.0. The number of aromatic nitrogens is 1. The molecule has 3 aromatic carbocycles. The fourth-order valence-electron chi connectivity index (χ4n) is 5.60. The summed E-state index contributed by atoms with van der Waals surface area (Å²) in [4.78, 5) is 12.4. The van der Waals surface area contributed by atoms with Gasteiger partial charge in [0, 0.05) is 45.1 Å². The molecule has 0 unspecified atom stereocenters. The molecule has 0 amide bonds. The van der Waals surface area contributed by atoms with Crippen LogP contribution >= 0.6 is 11.6 Å². The monoisotopic (exact) mass is 444 g/mol. The van der Waals surface area contributed by atoms with Gasteiger partial charge in [-0.1, -0.05) is 60.1 Å². The van der Waals surface area contributed by atoms with Crippen molar-refractivity contribution in [2.24, 2.45) is 0 Å². The molecule has 6 rings (SSSR count). The summed E-state index contributed by atoms with van der Waals surface area (Å²) in [5, 5.41) is 14.2. The zero-order valence-electron chi connectivity index (χ0n) is 17.3. The Kier molecular flexibility index (Phi) is 4.30. The lowest BCUT2D eigenvalue weighted by Gasteiger charge is -2.41. The fraction of sp³-hybridized carbons (Fsp3) is 0.231. The molecule has 32 heavy (non-hydrogen) atoms. The number of halogens is 1. The van der Waals surface area contributed by atoms with Crippen LogP contribution in [0.3, 0.4) is 0 Å². The number of hydrogen-bond acceptors (Lipinski definition) is 3. The van der Waals surface area contributed by atoms with Gasteiger partial charge in [-0.25, -0.2) is 0 Å². The maximum absolute atomic E-state index is 12.5. The van der Waals surface area contributed by atoms with Gasteiger partial charge >= 0.3 is 0 Å². The van der Waals surface area contributed by atoms with Crippen molar-refractivity contribution in [2.45, 2.75) is 30.8 Å². The average Bonchev–Trinajstić information content (AvgIpc) is 3.13. The third-order valence-electron chi connectivity index (χ3n) is 7.05. The molecule has 1 aliphatic carbocycles. The molecule has 1 aliphatic heterocycles. The first-order valence-corrected chi connectivity index (χ1v) is 11.2. The topological polar surface area (TPSA) is 57.3 Å². The van der Waals surface area contributed by atoms with Crippen molar-refractivity contribution in [3.63, 3.8) is 0 Å². The van der Waals surface area contributed by atoms with Crippen molar-refractivity contribution >= 4 is 22.5 Å². The van der Waals surface area contributed by atoms with E-state index < -0.39 is 11.5 Å². The van der Waals surface area contributed by atoms with Crippen molar-refractivity contribution in [2.75, 3.05) is 6.61 Å². The SMILES string of the molecule is O=[N+]([O-])[C@@]12CCc3c(c4ccccc4n3Cc3ccccc3)[C@@H]1c1cc(Cl)ccc1OC2. The molecule has 0 N–H and O–H groups in total. The molecule has 0 saturated heterocycles. The minimum Gasteiger partial charge on any atom is -0.486 e. The molecule has 2 heterocycles. The summed E-state index contributed by atoms with van der Waals surface area (Å²) >= 11 is 6.36. The van der Waals surface area contributed by atoms with Crippen LogP contribution in [0.2, 0.25) is 5.02 Å². The number of rotatable bonds is 3. The second-order valence-corrected chi connectivity index (χ2v) is 9.15. The predicted molar refractivity (Wildman–Crippen MR) is 124 cm³/mol. The number of ether oxygens (including phenoxy) is 1. The first kappa shape index (κ1) is 19.4. The van der Waals surface area contributed by atoms with Crippen molar-refractivity contribution in [1.82, 2.24) is 4.57 Å². The molecule has 2 atom stereocenters. The number of nitro groups is 1. The van der Waals surface area contributed by atoms with E-state index in [1.54, 1.807) is 6.07 Å². The molecule has 0 fully saturated rings. The Bertz CT molecular complexity index is 1360. The standard InChI is InChI=1S/C26H21ClN2O3/c27-18-10-11-23-20(14-18)25-24-19-8-4-5-9-21(19)28(15-17-6-2-1-3-7-17)22(24)12-13-26(25,16-32-23)29(30)31/h1-11,14,25H,12-13,15-16H2/t25-,26+/m0/s1. The van der Waals surface area contributed by atoms with Gasteiger partial charge in [0.25, 0.3) is 5.54 Å². The lowest BCUT2D eigenvalue weighted by atomic mass is 9.67. The fourth-order valence-corrected chi connectivity index (χ4v) is 5.78. The van der Waals surface area contributed by atoms with Gasteiger partial charge in [0.05, 0.1) is 5.92 Å². The number of benzene rings is 3. The zero-order valence-corrected chi connectivity index (χ0v) is 18.1. The van der Waals surface area contributed by atoms with E-state index in [9.17, 15) is 10.1 Å². The summed E-state index contributed by atoms with van der Waals surface area (Å²) in [7, 11) is 0. The molecule has 0 spiro atoms. The molecular weight excluding hydrogens is 424 g/mol. The largest absolute Gasteiger partial charge is 0.486 e. The Hall–Kier alpha value is -3.31. The summed E-state index contributed by atoms with van der Waals surface area (Å²) in [6.07, 6.45) is 1.06. The third kappa shape index (κ3) is 2.71. The second-order valence-electron chi connectivity index (χ2n) is 8.71. The minimum absolute atomic E-state index is 0.0664. The number of fused-ring (bicyclic) bond motifs is 7. The number of nitrogens with zero attached hydrogens (tertiary/aromatic N) is 2. The molecule has 0 radical (unpaired) electrons. The molecule has 160 valence electrons. The van der Waals surface area contributed by atoms with Gasteiger partial charge < -0.3 is 9.30 Å². The van der Waals surface area contributed by atoms with Crippen LogP contribution in [0.1, 0.15) is 34.7 Å². The number of hydrogen-bond donors (Lipinski definition) is 0. The molecule has 5 nitrogen and oxygen atoms in total. The van der Waals surface area contributed by atoms with E-state index in [2.05, 4.69) is 28.8 Å². The quantitative estimate of drug-likeness (QED) is 0.295. The first-order valence-electron chi connectivity index (χ1n) is 10.8. The van der Waals surface area contributed by atoms with E-state index in [-0.39, 0.29) is 11.5 Å². The third-order valence-corrected chi connectivity index (χ3v) is 7.29. The molecule has 6 heteroatoms. The van der Waals surface area contributed by atoms with Crippen molar-refractivity contribution in [3.8, 4) is 5.75 Å². The number of para-hydroxylation sites is 1. The molecular formula is C26H21ClN2O3. The zero-order chi connectivity index (χ0) is 21.9. The highest BCUT2D eigenvalue weighted by molar-refractivity contribution is 6.30. The molecule has 0 saturated carbocycles. The molecule has 4 aromatic rings. The average molecular weight is 445 g/mol. The van der Waals surface area contributed by atoms with Crippen LogP contribution in [0.5, 0.6) is 5.75 Å². The van der Waals surface area contributed by atoms with Gasteiger partial charge in [0.1, 0.15) is 5.75 Å². The van der Waals surface area contributed by atoms with E-state index in [0.717, 1.165) is 28.6 Å². The summed E-state index contributed by atoms with van der Waals surface area (Å²) in [5.41, 5.74) is 4.14. The maximum atomic E-state index is 12.5. The van der Waals surface area contributed by atoms with Crippen LogP contribution in [0.15, 0.2) is 72.8 Å². The predicted octanol–water partition coefficient (Wildman–Crippen LogP) is 5.83. The van der Waals surface area contributed by atoms with Crippen LogP contribution < -0.4 is 4.74 Å². The van der Waals surface area contributed by atoms with E-state index in [4.69, 9.17) is 16.3 Å². The normalized spacial score (nSPS) is 21.3. The Morgan fingerprint density at radius 1 is 1.09 bits per heavy atom. The van der Waals surface area contributed by atoms with Crippen LogP contribution in [0, 0.1) is 10.1 Å². The molecule has 2 aliphatic rings. The maximum Gasteiger partial charge on any atom is 0.266 e. The van der Waals surface area contributed by atoms with Gasteiger partial charge in [-0.05, 0) is 41.8 Å². The summed E-state index contributed by atoms with van der Waals surface area (Å²) in [6.45, 7) is 0.796. The van der Waals surface area contributed by atoms with Crippen LogP contribution in [0.25, 0.3) is 10.9 Å². The molecule has 1 aromatic heterocycles. The van der Waals surface area contributed by atoms with Crippen molar-refractivity contribution < 1.29 is 9.66 Å². The second kappa shape index (κ2) is 7.10. The summed E-state index contributed by atoms with van der Waals surface area (Å²) < 4.78 is 8.27. The Morgan fingerprint density at radius 2 is 1.88 bits per heavy atom. The van der Waals surface area contributed by atoms with E-state index >= 15 is 0 Å². The Labute approximate surface area is 190 Å². The van der Waals surface area contributed by atoms with E-state index in [1.807, 2.05) is 42.5 Å². The van der Waals surface area contributed by atoms with Gasteiger partial charge in [0.2, 0.25) is 0 Å².